The molecule has 2 rings (SSSR count). The van der Waals surface area contributed by atoms with Gasteiger partial charge in [-0.15, -0.1) is 0 Å². The van der Waals surface area contributed by atoms with E-state index in [1.54, 1.807) is 6.26 Å². The topological polar surface area (TPSA) is 49.4 Å². The summed E-state index contributed by atoms with van der Waals surface area (Å²) in [5.41, 5.74) is -0.247. The quantitative estimate of drug-likeness (QED) is 0.795. The zero-order valence-electron chi connectivity index (χ0n) is 10.9. The standard InChI is InChI=1S/C12H22N2O2S/c1-4-5-10-13-12(6-7-12)11(15)14(10)9(2)8-17(3)16/h9-10,13H,4-8H2,1-3H3. The summed E-state index contributed by atoms with van der Waals surface area (Å²) >= 11 is 0. The van der Waals surface area contributed by atoms with Crippen LogP contribution in [0.15, 0.2) is 0 Å². The molecule has 1 aliphatic carbocycles. The van der Waals surface area contributed by atoms with Crippen LogP contribution in [0, 0.1) is 0 Å². The predicted molar refractivity (Wildman–Crippen MR) is 69.0 cm³/mol. The molecule has 0 radical (unpaired) electrons. The van der Waals surface area contributed by atoms with Gasteiger partial charge in [-0.3, -0.25) is 14.3 Å². The summed E-state index contributed by atoms with van der Waals surface area (Å²) in [6, 6.07) is 0.0670. The molecule has 1 heterocycles. The maximum Gasteiger partial charge on any atom is 0.244 e. The highest BCUT2D eigenvalue weighted by Crippen LogP contribution is 2.43. The Morgan fingerprint density at radius 3 is 2.71 bits per heavy atom. The third-order valence-corrected chi connectivity index (χ3v) is 4.64. The molecule has 4 nitrogen and oxygen atoms in total. The van der Waals surface area contributed by atoms with Gasteiger partial charge in [0.05, 0.1) is 11.7 Å². The maximum absolute atomic E-state index is 12.4. The largest absolute Gasteiger partial charge is 0.322 e. The molecule has 0 aromatic rings. The van der Waals surface area contributed by atoms with Gasteiger partial charge in [0.2, 0.25) is 5.91 Å². The lowest BCUT2D eigenvalue weighted by Crippen LogP contribution is -2.45. The first kappa shape index (κ1) is 13.0. The number of nitrogens with zero attached hydrogens (tertiary/aromatic N) is 1. The van der Waals surface area contributed by atoms with Gasteiger partial charge in [-0.05, 0) is 26.2 Å². The highest BCUT2D eigenvalue weighted by atomic mass is 32.2. The van der Waals surface area contributed by atoms with Crippen molar-refractivity contribution >= 4 is 16.7 Å². The van der Waals surface area contributed by atoms with E-state index in [0.29, 0.717) is 5.75 Å². The van der Waals surface area contributed by atoms with Crippen molar-refractivity contribution in [1.82, 2.24) is 10.2 Å². The first-order valence-electron chi connectivity index (χ1n) is 6.40. The molecule has 2 aliphatic rings. The van der Waals surface area contributed by atoms with Gasteiger partial charge in [-0.2, -0.15) is 0 Å². The van der Waals surface area contributed by atoms with Gasteiger partial charge < -0.3 is 4.90 Å². The van der Waals surface area contributed by atoms with Crippen molar-refractivity contribution in [1.29, 1.82) is 0 Å². The van der Waals surface area contributed by atoms with Crippen LogP contribution in [0.2, 0.25) is 0 Å². The second-order valence-electron chi connectivity index (χ2n) is 5.33. The summed E-state index contributed by atoms with van der Waals surface area (Å²) in [7, 11) is -0.852. The van der Waals surface area contributed by atoms with Crippen LogP contribution in [0.3, 0.4) is 0 Å². The molecule has 1 amide bonds. The molecule has 1 N–H and O–H groups in total. The van der Waals surface area contributed by atoms with Crippen LogP contribution in [-0.2, 0) is 15.6 Å². The smallest absolute Gasteiger partial charge is 0.244 e. The van der Waals surface area contributed by atoms with Gasteiger partial charge in [0.1, 0.15) is 0 Å². The van der Waals surface area contributed by atoms with E-state index >= 15 is 0 Å². The van der Waals surface area contributed by atoms with Crippen molar-refractivity contribution in [3.8, 4) is 0 Å². The molecule has 17 heavy (non-hydrogen) atoms. The van der Waals surface area contributed by atoms with Gasteiger partial charge in [0.15, 0.2) is 0 Å². The van der Waals surface area contributed by atoms with E-state index in [4.69, 9.17) is 0 Å². The van der Waals surface area contributed by atoms with Crippen LogP contribution in [0.1, 0.15) is 39.5 Å². The summed E-state index contributed by atoms with van der Waals surface area (Å²) in [4.78, 5) is 14.3. The molecular formula is C12H22N2O2S. The minimum Gasteiger partial charge on any atom is -0.322 e. The lowest BCUT2D eigenvalue weighted by atomic mass is 10.2. The Kier molecular flexibility index (Phi) is 3.59. The molecule has 5 heteroatoms. The van der Waals surface area contributed by atoms with Crippen molar-refractivity contribution in [3.63, 3.8) is 0 Å². The number of amides is 1. The van der Waals surface area contributed by atoms with Gasteiger partial charge in [0, 0.05) is 28.9 Å². The molecule has 1 spiro atoms. The SMILES string of the molecule is CCCC1NC2(CC2)C(=O)N1C(C)CS(C)=O. The average Bonchev–Trinajstić information content (AvgIpc) is 2.92. The molecule has 1 saturated carbocycles. The Hall–Kier alpha value is -0.420. The summed E-state index contributed by atoms with van der Waals surface area (Å²) in [6.45, 7) is 4.13. The Bertz CT molecular complexity index is 341. The van der Waals surface area contributed by atoms with Crippen LogP contribution < -0.4 is 5.32 Å². The van der Waals surface area contributed by atoms with Crippen LogP contribution in [-0.4, -0.2) is 44.8 Å². The van der Waals surface area contributed by atoms with E-state index in [1.165, 1.54) is 0 Å². The first-order valence-corrected chi connectivity index (χ1v) is 8.13. The molecule has 3 unspecified atom stereocenters. The number of hydrogen-bond donors (Lipinski definition) is 1. The third kappa shape index (κ3) is 2.40. The number of nitrogens with one attached hydrogen (secondary N) is 1. The van der Waals surface area contributed by atoms with Gasteiger partial charge >= 0.3 is 0 Å². The Balaban J connectivity index is 2.10. The number of carbonyl (C=O) groups is 1. The zero-order chi connectivity index (χ0) is 12.6. The number of carbonyl (C=O) groups excluding carboxylic acids is 1. The van der Waals surface area contributed by atoms with E-state index in [1.807, 2.05) is 11.8 Å². The zero-order valence-corrected chi connectivity index (χ0v) is 11.7. The first-order chi connectivity index (χ1) is 8.00. The van der Waals surface area contributed by atoms with Crippen molar-refractivity contribution in [2.24, 2.45) is 0 Å². The molecule has 2 fully saturated rings. The molecule has 0 aromatic carbocycles. The number of hydrogen-bond acceptors (Lipinski definition) is 3. The van der Waals surface area contributed by atoms with Gasteiger partial charge in [-0.1, -0.05) is 13.3 Å². The lowest BCUT2D eigenvalue weighted by molar-refractivity contribution is -0.132. The monoisotopic (exact) mass is 258 g/mol. The summed E-state index contributed by atoms with van der Waals surface area (Å²) in [5.74, 6) is 0.804. The van der Waals surface area contributed by atoms with Crippen molar-refractivity contribution in [3.05, 3.63) is 0 Å². The van der Waals surface area contributed by atoms with Crippen LogP contribution in [0.25, 0.3) is 0 Å². The van der Waals surface area contributed by atoms with E-state index < -0.39 is 10.8 Å². The molecule has 98 valence electrons. The lowest BCUT2D eigenvalue weighted by Gasteiger charge is -2.29. The number of rotatable bonds is 5. The molecule has 0 bridgehead atoms. The minimum absolute atomic E-state index is 0.0670. The highest BCUT2D eigenvalue weighted by molar-refractivity contribution is 7.84. The molecule has 1 aliphatic heterocycles. The highest BCUT2D eigenvalue weighted by Gasteiger charge is 2.59. The van der Waals surface area contributed by atoms with Crippen molar-refractivity contribution in [2.45, 2.75) is 57.3 Å². The van der Waals surface area contributed by atoms with Gasteiger partial charge in [-0.25, -0.2) is 0 Å². The maximum atomic E-state index is 12.4. The third-order valence-electron chi connectivity index (χ3n) is 3.69. The molecule has 1 saturated heterocycles. The van der Waals surface area contributed by atoms with Crippen molar-refractivity contribution in [2.75, 3.05) is 12.0 Å². The normalized spacial score (nSPS) is 29.7. The summed E-state index contributed by atoms with van der Waals surface area (Å²) in [5, 5.41) is 3.47. The second kappa shape index (κ2) is 4.69. The van der Waals surface area contributed by atoms with Crippen LogP contribution >= 0.6 is 0 Å². The second-order valence-corrected chi connectivity index (χ2v) is 6.81. The average molecular weight is 258 g/mol. The van der Waals surface area contributed by atoms with E-state index in [-0.39, 0.29) is 23.7 Å². The van der Waals surface area contributed by atoms with Gasteiger partial charge in [0.25, 0.3) is 0 Å². The molecule has 0 aromatic heterocycles. The Morgan fingerprint density at radius 1 is 1.59 bits per heavy atom. The fourth-order valence-electron chi connectivity index (χ4n) is 2.73. The van der Waals surface area contributed by atoms with Crippen LogP contribution in [0.5, 0.6) is 0 Å². The fourth-order valence-corrected chi connectivity index (χ4v) is 3.57. The minimum atomic E-state index is -0.852. The van der Waals surface area contributed by atoms with E-state index in [0.717, 1.165) is 25.7 Å². The summed E-state index contributed by atoms with van der Waals surface area (Å²) < 4.78 is 11.3. The molecular weight excluding hydrogens is 236 g/mol. The fraction of sp³-hybridized carbons (Fsp3) is 0.917. The summed E-state index contributed by atoms with van der Waals surface area (Å²) in [6.07, 6.45) is 5.81. The Labute approximate surface area is 106 Å². The molecule has 3 atom stereocenters. The van der Waals surface area contributed by atoms with Crippen molar-refractivity contribution < 1.29 is 9.00 Å². The Morgan fingerprint density at radius 2 is 2.24 bits per heavy atom. The van der Waals surface area contributed by atoms with E-state index in [2.05, 4.69) is 12.2 Å². The predicted octanol–water partition coefficient (Wildman–Crippen LogP) is 0.844. The van der Waals surface area contributed by atoms with E-state index in [9.17, 15) is 9.00 Å². The van der Waals surface area contributed by atoms with Crippen LogP contribution in [0.4, 0.5) is 0 Å².